The predicted molar refractivity (Wildman–Crippen MR) is 78.8 cm³/mol. The van der Waals surface area contributed by atoms with Gasteiger partial charge >= 0.3 is 0 Å². The van der Waals surface area contributed by atoms with Crippen LogP contribution in [0, 0.1) is 0 Å². The van der Waals surface area contributed by atoms with Gasteiger partial charge in [-0.3, -0.25) is 4.79 Å². The van der Waals surface area contributed by atoms with E-state index in [2.05, 4.69) is 6.07 Å². The molecule has 0 saturated carbocycles. The van der Waals surface area contributed by atoms with Crippen molar-refractivity contribution < 1.29 is 9.90 Å². The van der Waals surface area contributed by atoms with Crippen molar-refractivity contribution in [2.45, 2.75) is 52.0 Å². The molecule has 1 amide bonds. The topological polar surface area (TPSA) is 40.5 Å². The van der Waals surface area contributed by atoms with E-state index >= 15 is 0 Å². The summed E-state index contributed by atoms with van der Waals surface area (Å²) in [5.74, 6) is 0.128. The second-order valence-corrected chi connectivity index (χ2v) is 6.57. The maximum atomic E-state index is 12.6. The van der Waals surface area contributed by atoms with E-state index in [-0.39, 0.29) is 18.6 Å². The Hall–Kier alpha value is -0.870. The molecular weight excluding hydrogens is 258 g/mol. The highest BCUT2D eigenvalue weighted by atomic mass is 32.1. The van der Waals surface area contributed by atoms with E-state index < -0.39 is 0 Å². The largest absolute Gasteiger partial charge is 0.396 e. The van der Waals surface area contributed by atoms with Crippen LogP contribution in [0.3, 0.4) is 0 Å². The minimum atomic E-state index is 0.128. The summed E-state index contributed by atoms with van der Waals surface area (Å²) in [5, 5.41) is 8.95. The van der Waals surface area contributed by atoms with Crippen molar-refractivity contribution >= 4 is 17.2 Å². The molecule has 1 aromatic rings. The molecule has 1 N–H and O–H groups in total. The summed E-state index contributed by atoms with van der Waals surface area (Å²) in [5.41, 5.74) is 1.38. The van der Waals surface area contributed by atoms with Gasteiger partial charge in [0.05, 0.1) is 4.88 Å². The van der Waals surface area contributed by atoms with Gasteiger partial charge < -0.3 is 10.0 Å². The van der Waals surface area contributed by atoms with E-state index in [0.717, 1.165) is 17.7 Å². The van der Waals surface area contributed by atoms with Crippen LogP contribution < -0.4 is 0 Å². The first-order chi connectivity index (χ1) is 9.13. The van der Waals surface area contributed by atoms with Crippen LogP contribution in [0.1, 0.15) is 53.2 Å². The number of hydrogen-bond acceptors (Lipinski definition) is 3. The summed E-state index contributed by atoms with van der Waals surface area (Å²) in [7, 11) is 0. The summed E-state index contributed by atoms with van der Waals surface area (Å²) in [6.45, 7) is 4.83. The average molecular weight is 281 g/mol. The summed E-state index contributed by atoms with van der Waals surface area (Å²) < 4.78 is 0. The molecular formula is C15H23NO2S. The van der Waals surface area contributed by atoms with Gasteiger partial charge in [0.1, 0.15) is 0 Å². The molecule has 19 heavy (non-hydrogen) atoms. The number of fused-ring (bicyclic) bond motifs is 1. The molecule has 0 fully saturated rings. The minimum Gasteiger partial charge on any atom is -0.396 e. The van der Waals surface area contributed by atoms with E-state index in [0.29, 0.717) is 13.0 Å². The minimum absolute atomic E-state index is 0.128. The SMILES string of the molecule is CC(C)N(CCCO)C(=O)c1cc2c(s1)CCCC2. The highest BCUT2D eigenvalue weighted by Crippen LogP contribution is 2.30. The van der Waals surface area contributed by atoms with Gasteiger partial charge in [-0.25, -0.2) is 0 Å². The molecule has 0 atom stereocenters. The fourth-order valence-electron chi connectivity index (χ4n) is 2.57. The van der Waals surface area contributed by atoms with Gasteiger partial charge in [-0.1, -0.05) is 0 Å². The highest BCUT2D eigenvalue weighted by Gasteiger charge is 2.22. The van der Waals surface area contributed by atoms with E-state index in [1.54, 1.807) is 11.3 Å². The average Bonchev–Trinajstić information content (AvgIpc) is 2.82. The van der Waals surface area contributed by atoms with E-state index in [1.807, 2.05) is 18.7 Å². The molecule has 0 spiro atoms. The number of carbonyl (C=O) groups excluding carboxylic acids is 1. The molecule has 0 aliphatic heterocycles. The predicted octanol–water partition coefficient (Wildman–Crippen LogP) is 2.86. The Morgan fingerprint density at radius 1 is 1.42 bits per heavy atom. The van der Waals surface area contributed by atoms with Crippen LogP contribution in [0.15, 0.2) is 6.07 Å². The number of amides is 1. The van der Waals surface area contributed by atoms with Gasteiger partial charge in [-0.15, -0.1) is 11.3 Å². The number of aliphatic hydroxyl groups is 1. The number of carbonyl (C=O) groups is 1. The maximum Gasteiger partial charge on any atom is 0.264 e. The van der Waals surface area contributed by atoms with Crippen LogP contribution in [0.4, 0.5) is 0 Å². The highest BCUT2D eigenvalue weighted by molar-refractivity contribution is 7.14. The molecule has 2 rings (SSSR count). The van der Waals surface area contributed by atoms with Crippen LogP contribution in [0.5, 0.6) is 0 Å². The van der Waals surface area contributed by atoms with Crippen LogP contribution >= 0.6 is 11.3 Å². The molecule has 1 heterocycles. The van der Waals surface area contributed by atoms with Crippen LogP contribution in [-0.2, 0) is 12.8 Å². The first kappa shape index (κ1) is 14.5. The molecule has 1 aromatic heterocycles. The van der Waals surface area contributed by atoms with Gasteiger partial charge in [0.25, 0.3) is 5.91 Å². The Bertz CT molecular complexity index is 416. The second kappa shape index (κ2) is 6.53. The quantitative estimate of drug-likeness (QED) is 0.901. The lowest BCUT2D eigenvalue weighted by Crippen LogP contribution is -2.37. The Balaban J connectivity index is 2.14. The zero-order valence-electron chi connectivity index (χ0n) is 11.8. The Kier molecular flexibility index (Phi) is 4.99. The fourth-order valence-corrected chi connectivity index (χ4v) is 3.78. The third-order valence-corrected chi connectivity index (χ3v) is 4.87. The molecule has 0 radical (unpaired) electrons. The summed E-state index contributed by atoms with van der Waals surface area (Å²) >= 11 is 1.67. The van der Waals surface area contributed by atoms with Crippen LogP contribution in [0.2, 0.25) is 0 Å². The molecule has 0 bridgehead atoms. The molecule has 106 valence electrons. The first-order valence-electron chi connectivity index (χ1n) is 7.17. The van der Waals surface area contributed by atoms with Gasteiger partial charge in [-0.05, 0) is 57.6 Å². The van der Waals surface area contributed by atoms with Crippen molar-refractivity contribution in [3.05, 3.63) is 21.4 Å². The second-order valence-electron chi connectivity index (χ2n) is 5.44. The van der Waals surface area contributed by atoms with Crippen molar-refractivity contribution in [1.82, 2.24) is 4.90 Å². The van der Waals surface area contributed by atoms with Crippen molar-refractivity contribution in [2.24, 2.45) is 0 Å². The lowest BCUT2D eigenvalue weighted by molar-refractivity contribution is 0.0698. The zero-order chi connectivity index (χ0) is 13.8. The lowest BCUT2D eigenvalue weighted by Gasteiger charge is -2.26. The molecule has 0 unspecified atom stereocenters. The van der Waals surface area contributed by atoms with Crippen LogP contribution in [-0.4, -0.2) is 35.1 Å². The standard InChI is InChI=1S/C15H23NO2S/c1-11(2)16(8-5-9-17)15(18)14-10-12-6-3-4-7-13(12)19-14/h10-11,17H,3-9H2,1-2H3. The third-order valence-electron chi connectivity index (χ3n) is 3.65. The number of rotatable bonds is 5. The number of hydrogen-bond donors (Lipinski definition) is 1. The van der Waals surface area contributed by atoms with E-state index in [9.17, 15) is 4.79 Å². The van der Waals surface area contributed by atoms with Gasteiger partial charge in [0.15, 0.2) is 0 Å². The summed E-state index contributed by atoms with van der Waals surface area (Å²) in [6.07, 6.45) is 5.40. The molecule has 1 aliphatic rings. The normalized spacial score (nSPS) is 14.5. The van der Waals surface area contributed by atoms with Crippen LogP contribution in [0.25, 0.3) is 0 Å². The Morgan fingerprint density at radius 3 is 2.79 bits per heavy atom. The summed E-state index contributed by atoms with van der Waals surface area (Å²) in [4.78, 5) is 16.7. The molecule has 4 heteroatoms. The van der Waals surface area contributed by atoms with Crippen molar-refractivity contribution in [3.63, 3.8) is 0 Å². The van der Waals surface area contributed by atoms with Gasteiger partial charge in [0, 0.05) is 24.1 Å². The van der Waals surface area contributed by atoms with E-state index in [4.69, 9.17) is 5.11 Å². The first-order valence-corrected chi connectivity index (χ1v) is 7.98. The van der Waals surface area contributed by atoms with Gasteiger partial charge in [0.2, 0.25) is 0 Å². The monoisotopic (exact) mass is 281 g/mol. The smallest absolute Gasteiger partial charge is 0.264 e. The number of aryl methyl sites for hydroxylation is 2. The summed E-state index contributed by atoms with van der Waals surface area (Å²) in [6, 6.07) is 2.27. The van der Waals surface area contributed by atoms with Crippen molar-refractivity contribution in [1.29, 1.82) is 0 Å². The lowest BCUT2D eigenvalue weighted by atomic mass is 9.99. The zero-order valence-corrected chi connectivity index (χ0v) is 12.6. The third kappa shape index (κ3) is 3.37. The molecule has 0 saturated heterocycles. The molecule has 1 aliphatic carbocycles. The number of thiophene rings is 1. The Labute approximate surface area is 119 Å². The van der Waals surface area contributed by atoms with E-state index in [1.165, 1.54) is 23.3 Å². The Morgan fingerprint density at radius 2 is 2.16 bits per heavy atom. The van der Waals surface area contributed by atoms with Gasteiger partial charge in [-0.2, -0.15) is 0 Å². The number of aliphatic hydroxyl groups excluding tert-OH is 1. The number of nitrogens with zero attached hydrogens (tertiary/aromatic N) is 1. The maximum absolute atomic E-state index is 12.6. The fraction of sp³-hybridized carbons (Fsp3) is 0.667. The molecule has 0 aromatic carbocycles. The van der Waals surface area contributed by atoms with Crippen molar-refractivity contribution in [2.75, 3.05) is 13.2 Å². The van der Waals surface area contributed by atoms with Crippen molar-refractivity contribution in [3.8, 4) is 0 Å². The molecule has 3 nitrogen and oxygen atoms in total.